The van der Waals surface area contributed by atoms with Crippen molar-refractivity contribution in [3.63, 3.8) is 0 Å². The molecule has 1 aliphatic rings. The van der Waals surface area contributed by atoms with Crippen molar-refractivity contribution in [3.05, 3.63) is 89.9 Å². The second kappa shape index (κ2) is 9.79. The number of aromatic nitrogens is 4. The van der Waals surface area contributed by atoms with E-state index in [9.17, 15) is 4.79 Å². The number of fused-ring (bicyclic) bond motifs is 2. The first kappa shape index (κ1) is 23.9. The minimum atomic E-state index is -0.161. The number of nitrogens with zero attached hydrogens (tertiary/aromatic N) is 4. The quantitative estimate of drug-likeness (QED) is 0.297. The molecule has 3 N–H and O–H groups in total. The van der Waals surface area contributed by atoms with E-state index in [-0.39, 0.29) is 12.1 Å². The molecule has 0 fully saturated rings. The summed E-state index contributed by atoms with van der Waals surface area (Å²) in [6.07, 6.45) is 4.99. The number of anilines is 1. The van der Waals surface area contributed by atoms with Crippen molar-refractivity contribution in [1.29, 1.82) is 0 Å². The van der Waals surface area contributed by atoms with E-state index in [4.69, 9.17) is 5.10 Å². The molecular formula is C30H31N7O. The summed E-state index contributed by atoms with van der Waals surface area (Å²) in [4.78, 5) is 21.8. The predicted octanol–water partition coefficient (Wildman–Crippen LogP) is 5.44. The van der Waals surface area contributed by atoms with Gasteiger partial charge in [-0.1, -0.05) is 36.4 Å². The molecule has 0 spiro atoms. The predicted molar refractivity (Wildman–Crippen MR) is 151 cm³/mol. The lowest BCUT2D eigenvalue weighted by molar-refractivity contribution is 0.230. The number of H-pyrrole nitrogens is 1. The van der Waals surface area contributed by atoms with Gasteiger partial charge in [-0.15, -0.1) is 0 Å². The van der Waals surface area contributed by atoms with Gasteiger partial charge < -0.3 is 20.5 Å². The van der Waals surface area contributed by atoms with Crippen LogP contribution in [0.25, 0.3) is 33.4 Å². The minimum absolute atomic E-state index is 0.102. The van der Waals surface area contributed by atoms with E-state index in [2.05, 4.69) is 70.1 Å². The maximum atomic E-state index is 12.0. The molecule has 6 rings (SSSR count). The van der Waals surface area contributed by atoms with E-state index in [1.807, 2.05) is 35.1 Å². The molecular weight excluding hydrogens is 474 g/mol. The van der Waals surface area contributed by atoms with Crippen LogP contribution in [-0.2, 0) is 13.0 Å². The SMILES string of the molecule is CCn1cc(-c2ccnc3[nH]c(C4NCCc5ccccc54)cc23)c(-c2ccc(NC(=O)N(C)C)cc2)n1. The highest BCUT2D eigenvalue weighted by Gasteiger charge is 2.24. The van der Waals surface area contributed by atoms with Gasteiger partial charge in [0.15, 0.2) is 0 Å². The maximum absolute atomic E-state index is 12.0. The number of benzene rings is 2. The molecule has 8 nitrogen and oxygen atoms in total. The van der Waals surface area contributed by atoms with Crippen LogP contribution in [-0.4, -0.2) is 51.3 Å². The summed E-state index contributed by atoms with van der Waals surface area (Å²) in [5, 5.41) is 12.5. The number of nitrogens with one attached hydrogen (secondary N) is 3. The molecule has 2 amide bonds. The first-order valence-electron chi connectivity index (χ1n) is 13.0. The highest BCUT2D eigenvalue weighted by atomic mass is 16.2. The third-order valence-corrected chi connectivity index (χ3v) is 7.16. The third-order valence-electron chi connectivity index (χ3n) is 7.16. The van der Waals surface area contributed by atoms with Crippen LogP contribution < -0.4 is 10.6 Å². The smallest absolute Gasteiger partial charge is 0.321 e. The number of aromatic amines is 1. The standard InChI is InChI=1S/C30H31N7O/c1-4-37-18-25(27(35-37)20-9-11-21(12-10-20)33-30(38)36(2)3)23-14-16-32-29-24(23)17-26(34-29)28-22-8-6-5-7-19(22)13-15-31-28/h5-12,14,16-18,28,31H,4,13,15H2,1-3H3,(H,32,34)(H,33,38). The van der Waals surface area contributed by atoms with Gasteiger partial charge in [0.05, 0.1) is 6.04 Å². The van der Waals surface area contributed by atoms with Crippen molar-refractivity contribution >= 4 is 22.8 Å². The van der Waals surface area contributed by atoms with Gasteiger partial charge in [0.1, 0.15) is 11.3 Å². The Bertz CT molecular complexity index is 1610. The van der Waals surface area contributed by atoms with Crippen molar-refractivity contribution in [2.75, 3.05) is 26.0 Å². The largest absolute Gasteiger partial charge is 0.341 e. The van der Waals surface area contributed by atoms with Crippen LogP contribution in [0.3, 0.4) is 0 Å². The number of amides is 2. The number of carbonyl (C=O) groups is 1. The molecule has 192 valence electrons. The van der Waals surface area contributed by atoms with Gasteiger partial charge in [-0.3, -0.25) is 4.68 Å². The van der Waals surface area contributed by atoms with Crippen molar-refractivity contribution < 1.29 is 4.79 Å². The van der Waals surface area contributed by atoms with Gasteiger partial charge in [0.2, 0.25) is 0 Å². The number of aryl methyl sites for hydroxylation is 1. The highest BCUT2D eigenvalue weighted by Crippen LogP contribution is 2.37. The van der Waals surface area contributed by atoms with Gasteiger partial charge in [-0.25, -0.2) is 9.78 Å². The summed E-state index contributed by atoms with van der Waals surface area (Å²) in [5.41, 5.74) is 9.43. The summed E-state index contributed by atoms with van der Waals surface area (Å²) in [6.45, 7) is 3.79. The molecule has 38 heavy (non-hydrogen) atoms. The molecule has 0 saturated carbocycles. The first-order chi connectivity index (χ1) is 18.5. The number of urea groups is 1. The molecule has 1 unspecified atom stereocenters. The van der Waals surface area contributed by atoms with E-state index in [0.29, 0.717) is 0 Å². The van der Waals surface area contributed by atoms with Gasteiger partial charge in [-0.2, -0.15) is 5.10 Å². The van der Waals surface area contributed by atoms with Gasteiger partial charge in [0.25, 0.3) is 0 Å². The lowest BCUT2D eigenvalue weighted by Crippen LogP contribution is -2.30. The molecule has 0 aliphatic carbocycles. The molecule has 8 heteroatoms. The second-order valence-electron chi connectivity index (χ2n) is 9.83. The number of hydrogen-bond acceptors (Lipinski definition) is 4. The average molecular weight is 506 g/mol. The zero-order valence-electron chi connectivity index (χ0n) is 21.8. The molecule has 0 saturated heterocycles. The van der Waals surface area contributed by atoms with Crippen LogP contribution >= 0.6 is 0 Å². The number of pyridine rings is 1. The van der Waals surface area contributed by atoms with Crippen LogP contribution in [0.5, 0.6) is 0 Å². The van der Waals surface area contributed by atoms with Crippen LogP contribution in [0.4, 0.5) is 10.5 Å². The Balaban J connectivity index is 1.40. The van der Waals surface area contributed by atoms with Crippen molar-refractivity contribution in [3.8, 4) is 22.4 Å². The Kier molecular flexibility index (Phi) is 6.17. The van der Waals surface area contributed by atoms with Crippen LogP contribution in [0.2, 0.25) is 0 Å². The fourth-order valence-corrected chi connectivity index (χ4v) is 5.16. The van der Waals surface area contributed by atoms with Crippen LogP contribution in [0.15, 0.2) is 73.1 Å². The monoisotopic (exact) mass is 505 g/mol. The van der Waals surface area contributed by atoms with Gasteiger partial charge in [0, 0.05) is 67.5 Å². The van der Waals surface area contributed by atoms with Crippen molar-refractivity contribution in [2.45, 2.75) is 25.9 Å². The van der Waals surface area contributed by atoms with Gasteiger partial charge in [-0.05, 0) is 54.3 Å². The van der Waals surface area contributed by atoms with E-state index < -0.39 is 0 Å². The summed E-state index contributed by atoms with van der Waals surface area (Å²) in [6, 6.07) is 20.7. The van der Waals surface area contributed by atoms with Crippen molar-refractivity contribution in [2.24, 2.45) is 0 Å². The summed E-state index contributed by atoms with van der Waals surface area (Å²) in [7, 11) is 3.44. The Morgan fingerprint density at radius 3 is 2.71 bits per heavy atom. The Morgan fingerprint density at radius 1 is 1.11 bits per heavy atom. The lowest BCUT2D eigenvalue weighted by Gasteiger charge is -2.26. The third kappa shape index (κ3) is 4.33. The second-order valence-corrected chi connectivity index (χ2v) is 9.83. The highest BCUT2D eigenvalue weighted by molar-refractivity contribution is 5.97. The number of rotatable bonds is 5. The normalized spacial score (nSPS) is 14.9. The van der Waals surface area contributed by atoms with Gasteiger partial charge >= 0.3 is 6.03 Å². The van der Waals surface area contributed by atoms with Crippen LogP contribution in [0, 0.1) is 0 Å². The fourth-order valence-electron chi connectivity index (χ4n) is 5.16. The average Bonchev–Trinajstić information content (AvgIpc) is 3.58. The summed E-state index contributed by atoms with van der Waals surface area (Å²) in [5.74, 6) is 0. The molecule has 0 radical (unpaired) electrons. The molecule has 0 bridgehead atoms. The minimum Gasteiger partial charge on any atom is -0.341 e. The first-order valence-corrected chi connectivity index (χ1v) is 13.0. The number of carbonyl (C=O) groups excluding carboxylic acids is 1. The fraction of sp³-hybridized carbons (Fsp3) is 0.233. The van der Waals surface area contributed by atoms with Crippen LogP contribution in [0.1, 0.15) is 29.8 Å². The summed E-state index contributed by atoms with van der Waals surface area (Å²) < 4.78 is 1.96. The van der Waals surface area contributed by atoms with Crippen molar-refractivity contribution in [1.82, 2.24) is 30.0 Å². The molecule has 3 aromatic heterocycles. The Labute approximate surface area is 221 Å². The Hall–Kier alpha value is -4.43. The molecule has 5 aromatic rings. The van der Waals surface area contributed by atoms with E-state index in [0.717, 1.165) is 64.3 Å². The zero-order chi connectivity index (χ0) is 26.2. The molecule has 1 atom stereocenters. The van der Waals surface area contributed by atoms with E-state index in [1.165, 1.54) is 16.0 Å². The van der Waals surface area contributed by atoms with E-state index >= 15 is 0 Å². The Morgan fingerprint density at radius 2 is 1.92 bits per heavy atom. The molecule has 1 aliphatic heterocycles. The molecule has 2 aromatic carbocycles. The summed E-state index contributed by atoms with van der Waals surface area (Å²) >= 11 is 0. The molecule has 4 heterocycles. The maximum Gasteiger partial charge on any atom is 0.321 e. The lowest BCUT2D eigenvalue weighted by atomic mass is 9.92. The topological polar surface area (TPSA) is 90.9 Å². The van der Waals surface area contributed by atoms with E-state index in [1.54, 1.807) is 14.1 Å². The number of hydrogen-bond donors (Lipinski definition) is 3. The zero-order valence-corrected chi connectivity index (χ0v) is 21.8.